The Morgan fingerprint density at radius 3 is 2.25 bits per heavy atom. The molecule has 4 aromatic heterocycles. The van der Waals surface area contributed by atoms with E-state index in [-0.39, 0.29) is 25.5 Å². The number of aromatic nitrogens is 4. The summed E-state index contributed by atoms with van der Waals surface area (Å²) in [5.41, 5.74) is 10.6. The number of aryl methyl sites for hydroxylation is 1. The third kappa shape index (κ3) is 7.70. The number of pyridine rings is 2. The van der Waals surface area contributed by atoms with Crippen molar-refractivity contribution in [3.8, 4) is 28.3 Å². The predicted octanol–water partition coefficient (Wildman–Crippen LogP) is 11.6. The molecule has 1 radical (unpaired) electrons. The van der Waals surface area contributed by atoms with E-state index in [0.717, 1.165) is 67.0 Å². The largest absolute Gasteiger partial charge is 0.486 e. The van der Waals surface area contributed by atoms with Gasteiger partial charge in [-0.15, -0.1) is 54.1 Å². The molecule has 0 saturated carbocycles. The molecule has 0 amide bonds. The second kappa shape index (κ2) is 15.0. The Labute approximate surface area is 329 Å². The number of hydrogen-bond donors (Lipinski definition) is 0. The molecule has 4 heterocycles. The summed E-state index contributed by atoms with van der Waals surface area (Å²) in [4.78, 5) is 14.2. The maximum Gasteiger partial charge on any atom is 0.216 e. The molecule has 271 valence electrons. The van der Waals surface area contributed by atoms with Gasteiger partial charge in [0.1, 0.15) is 0 Å². The third-order valence-electron chi connectivity index (χ3n) is 9.45. The summed E-state index contributed by atoms with van der Waals surface area (Å²) in [6.45, 7) is 19.5. The van der Waals surface area contributed by atoms with E-state index in [1.807, 2.05) is 87.6 Å². The van der Waals surface area contributed by atoms with Crippen LogP contribution in [0.2, 0.25) is 19.6 Å². The summed E-state index contributed by atoms with van der Waals surface area (Å²) < 4.78 is 16.9. The van der Waals surface area contributed by atoms with Crippen LogP contribution in [0.3, 0.4) is 0 Å². The molecule has 0 fully saturated rings. The number of hydrogen-bond acceptors (Lipinski definition) is 4. The Bertz CT molecular complexity index is 2570. The average molecular weight is 892 g/mol. The zero-order valence-corrected chi connectivity index (χ0v) is 35.3. The topological polar surface area (TPSA) is 56.7 Å². The number of fused-ring (bicyclic) bond motifs is 4. The molecule has 0 aliphatic rings. The van der Waals surface area contributed by atoms with Gasteiger partial charge in [-0.25, -0.2) is 4.98 Å². The molecular formula is C46H46IrN4OSi-2. The van der Waals surface area contributed by atoms with E-state index in [1.54, 1.807) is 0 Å². The summed E-state index contributed by atoms with van der Waals surface area (Å²) in [5.74, 6) is 0.198. The van der Waals surface area contributed by atoms with Gasteiger partial charge in [0, 0.05) is 44.4 Å². The van der Waals surface area contributed by atoms with Gasteiger partial charge in [0.25, 0.3) is 0 Å². The zero-order chi connectivity index (χ0) is 37.7. The van der Waals surface area contributed by atoms with Crippen molar-refractivity contribution in [2.75, 3.05) is 0 Å². The van der Waals surface area contributed by atoms with Gasteiger partial charge >= 0.3 is 0 Å². The van der Waals surface area contributed by atoms with Gasteiger partial charge in [-0.2, -0.15) is 0 Å². The smallest absolute Gasteiger partial charge is 0.216 e. The van der Waals surface area contributed by atoms with Gasteiger partial charge in [0.05, 0.1) is 30.5 Å². The van der Waals surface area contributed by atoms with Crippen molar-refractivity contribution in [2.45, 2.75) is 72.5 Å². The van der Waals surface area contributed by atoms with E-state index < -0.39 is 14.0 Å². The summed E-state index contributed by atoms with van der Waals surface area (Å²) in [6, 6.07) is 41.6. The molecule has 4 aromatic carbocycles. The molecule has 8 aromatic rings. The van der Waals surface area contributed by atoms with E-state index in [1.165, 1.54) is 10.8 Å². The summed E-state index contributed by atoms with van der Waals surface area (Å²) >= 11 is 0. The van der Waals surface area contributed by atoms with Gasteiger partial charge in [-0.3, -0.25) is 4.98 Å². The molecule has 7 heteroatoms. The van der Waals surface area contributed by atoms with E-state index >= 15 is 0 Å². The first-order valence-electron chi connectivity index (χ1n) is 18.4. The van der Waals surface area contributed by atoms with Crippen LogP contribution in [-0.4, -0.2) is 27.6 Å². The molecule has 5 nitrogen and oxygen atoms in total. The second-order valence-electron chi connectivity index (χ2n) is 15.7. The van der Waals surface area contributed by atoms with Crippen LogP contribution in [0.15, 0.2) is 114 Å². The Kier molecular flexibility index (Phi) is 10.4. The van der Waals surface area contributed by atoms with Crippen molar-refractivity contribution in [2.24, 2.45) is 0 Å². The second-order valence-corrected chi connectivity index (χ2v) is 20.7. The predicted molar refractivity (Wildman–Crippen MR) is 219 cm³/mol. The fourth-order valence-corrected chi connectivity index (χ4v) is 8.20. The van der Waals surface area contributed by atoms with Crippen LogP contribution in [0.4, 0.5) is 0 Å². The minimum absolute atomic E-state index is 0. The molecule has 0 unspecified atom stereocenters. The van der Waals surface area contributed by atoms with Crippen LogP contribution in [0, 0.1) is 19.1 Å². The van der Waals surface area contributed by atoms with Gasteiger partial charge in [0.15, 0.2) is 0 Å². The number of imidazole rings is 1. The minimum atomic E-state index is -1.50. The molecule has 8 rings (SSSR count). The first-order chi connectivity index (χ1) is 25.1. The van der Waals surface area contributed by atoms with Gasteiger partial charge in [-0.05, 0) is 71.1 Å². The van der Waals surface area contributed by atoms with Crippen molar-refractivity contribution in [1.82, 2.24) is 19.5 Å². The molecule has 0 N–H and O–H groups in total. The van der Waals surface area contributed by atoms with Gasteiger partial charge in [0.2, 0.25) is 5.71 Å². The number of rotatable bonds is 5. The number of para-hydroxylation sites is 2. The molecule has 53 heavy (non-hydrogen) atoms. The molecule has 0 aliphatic carbocycles. The van der Waals surface area contributed by atoms with E-state index in [4.69, 9.17) is 10.8 Å². The molecule has 0 aliphatic heterocycles. The van der Waals surface area contributed by atoms with Crippen LogP contribution in [0.5, 0.6) is 0 Å². The Morgan fingerprint density at radius 1 is 0.830 bits per heavy atom. The van der Waals surface area contributed by atoms with Crippen LogP contribution >= 0.6 is 0 Å². The summed E-state index contributed by atoms with van der Waals surface area (Å²) in [7, 11) is -1.50. The van der Waals surface area contributed by atoms with Crippen molar-refractivity contribution < 1.29 is 25.9 Å². The normalized spacial score (nSPS) is 12.4. The fraction of sp³-hybridized carbons (Fsp3) is 0.239. The van der Waals surface area contributed by atoms with E-state index in [2.05, 4.69) is 110 Å². The average Bonchev–Trinajstić information content (AvgIpc) is 3.69. The van der Waals surface area contributed by atoms with Gasteiger partial charge in [-0.1, -0.05) is 101 Å². The number of benzene rings is 4. The third-order valence-corrected chi connectivity index (χ3v) is 11.5. The molecule has 0 bridgehead atoms. The van der Waals surface area contributed by atoms with E-state index in [0.29, 0.717) is 5.71 Å². The summed E-state index contributed by atoms with van der Waals surface area (Å²) in [6.07, 6.45) is 1.98. The van der Waals surface area contributed by atoms with Crippen LogP contribution in [0.25, 0.3) is 61.4 Å². The van der Waals surface area contributed by atoms with Crippen molar-refractivity contribution in [1.29, 1.82) is 0 Å². The van der Waals surface area contributed by atoms with Crippen LogP contribution in [0.1, 0.15) is 58.7 Å². The maximum atomic E-state index is 8.44. The Hall–Kier alpha value is -4.68. The fourth-order valence-electron chi connectivity index (χ4n) is 6.61. The molecular weight excluding hydrogens is 845 g/mol. The van der Waals surface area contributed by atoms with Crippen molar-refractivity contribution >= 4 is 46.4 Å². The van der Waals surface area contributed by atoms with Crippen LogP contribution in [-0.2, 0) is 25.5 Å². The molecule has 0 saturated heterocycles. The number of furan rings is 1. The van der Waals surface area contributed by atoms with Crippen molar-refractivity contribution in [3.63, 3.8) is 0 Å². The summed E-state index contributed by atoms with van der Waals surface area (Å²) in [5, 5.41) is 3.30. The quantitative estimate of drug-likeness (QED) is 0.128. The number of nitrogens with zero attached hydrogens (tertiary/aromatic N) is 4. The molecule has 0 atom stereocenters. The first kappa shape index (κ1) is 36.7. The van der Waals surface area contributed by atoms with E-state index in [9.17, 15) is 0 Å². The van der Waals surface area contributed by atoms with Crippen molar-refractivity contribution in [3.05, 3.63) is 138 Å². The molecule has 0 spiro atoms. The minimum Gasteiger partial charge on any atom is -0.486 e. The maximum absolute atomic E-state index is 8.44. The Morgan fingerprint density at radius 2 is 1.57 bits per heavy atom. The van der Waals surface area contributed by atoms with Gasteiger partial charge < -0.3 is 14.0 Å². The monoisotopic (exact) mass is 892 g/mol. The standard InChI is InChI=1S/C29H24N3O.C17H22NSi.Ir/c1-18-12-17-22-21-8-7-9-23(26(21)33-28(22)30-18)27-31-24-10-5-6-11-25(24)32(27)20-15-13-19(14-16-20)29(2,3)4;1-13(2)15-11-16(14-9-7-6-8-10-14)18-12-17(15)19(3,4)5;/h5-8,10-17H,1-4H3;6-9,11-13H,1-5H3;/q2*-1;/i;13D;. The SMILES string of the molecule is Cc1ccc2c(n1)oc1c(-c3nc4ccccc4n3-c3ccc(C(C)(C)C)cc3)[c-]ccc12.[2H]C(C)(C)c1cc(-c2[c-]cccc2)ncc1[Si](C)(C)C.[Ir]. The van der Waals surface area contributed by atoms with Crippen LogP contribution < -0.4 is 5.19 Å². The zero-order valence-electron chi connectivity index (χ0n) is 32.9. The Balaban J connectivity index is 0.000000205. The first-order valence-corrected chi connectivity index (χ1v) is 21.4.